The van der Waals surface area contributed by atoms with Gasteiger partial charge in [-0.25, -0.2) is 17.8 Å². The Kier molecular flexibility index (Phi) is 14.9. The molecule has 1 aromatic heterocycles. The van der Waals surface area contributed by atoms with Crippen LogP contribution in [-0.2, 0) is 9.84 Å². The monoisotopic (exact) mass is 843 g/mol. The average Bonchev–Trinajstić information content (AvgIpc) is 3.52. The molecule has 0 amide bonds. The molecular formula is C33H37BrClFIN5O3S. The number of methoxy groups -OCH3 is 1. The van der Waals surface area contributed by atoms with Crippen LogP contribution in [0.3, 0.4) is 0 Å². The van der Waals surface area contributed by atoms with Crippen LogP contribution in [0.5, 0.6) is 5.75 Å². The van der Waals surface area contributed by atoms with Crippen molar-refractivity contribution in [3.8, 4) is 28.7 Å². The number of nitrogen functional groups attached to an aromatic ring is 1. The molecule has 0 spiro atoms. The fourth-order valence-electron chi connectivity index (χ4n) is 4.77. The van der Waals surface area contributed by atoms with Crippen LogP contribution in [0.15, 0.2) is 57.9 Å². The summed E-state index contributed by atoms with van der Waals surface area (Å²) in [6.45, 7) is 8.91. The van der Waals surface area contributed by atoms with Crippen LogP contribution in [0, 0.1) is 24.6 Å². The Balaban J connectivity index is 0.000000216. The molecule has 246 valence electrons. The van der Waals surface area contributed by atoms with Gasteiger partial charge >= 0.3 is 0 Å². The summed E-state index contributed by atoms with van der Waals surface area (Å²) >= 11 is 11.7. The maximum atomic E-state index is 14.5. The Labute approximate surface area is 297 Å². The topological polar surface area (TPSA) is 111 Å². The molecule has 1 fully saturated rings. The lowest BCUT2D eigenvalue weighted by Gasteiger charge is -2.14. The summed E-state index contributed by atoms with van der Waals surface area (Å²) < 4.78 is 45.1. The number of nitrogens with zero attached hydrogens (tertiary/aromatic N) is 4. The quantitative estimate of drug-likeness (QED) is 0.114. The first-order chi connectivity index (χ1) is 21.9. The van der Waals surface area contributed by atoms with E-state index >= 15 is 0 Å². The van der Waals surface area contributed by atoms with Crippen molar-refractivity contribution in [3.05, 3.63) is 69.4 Å². The number of fused-ring (bicyclic) bond motifs is 1. The molecule has 2 N–H and O–H groups in total. The number of ether oxygens (including phenoxy) is 1. The highest BCUT2D eigenvalue weighted by Crippen LogP contribution is 2.37. The zero-order chi connectivity index (χ0) is 33.9. The predicted octanol–water partition coefficient (Wildman–Crippen LogP) is 7.93. The van der Waals surface area contributed by atoms with E-state index < -0.39 is 15.7 Å². The predicted molar refractivity (Wildman–Crippen MR) is 197 cm³/mol. The number of nitrogens with two attached hydrogens (primary N) is 1. The summed E-state index contributed by atoms with van der Waals surface area (Å²) in [6, 6.07) is 13.4. The second kappa shape index (κ2) is 18.1. The number of sulfone groups is 1. The number of aromatic nitrogens is 3. The summed E-state index contributed by atoms with van der Waals surface area (Å²) in [7, 11) is -1.71. The maximum absolute atomic E-state index is 14.5. The summed E-state index contributed by atoms with van der Waals surface area (Å²) in [5.74, 6) is 5.69. The molecule has 4 aromatic rings. The number of halogens is 4. The molecule has 1 unspecified atom stereocenters. The molecule has 13 heteroatoms. The molecular weight excluding hydrogens is 808 g/mol. The molecule has 1 aliphatic rings. The minimum Gasteiger partial charge on any atom is -0.494 e. The van der Waals surface area contributed by atoms with Crippen molar-refractivity contribution < 1.29 is 17.5 Å². The largest absolute Gasteiger partial charge is 0.494 e. The number of rotatable bonds is 7. The van der Waals surface area contributed by atoms with E-state index in [0.29, 0.717) is 25.4 Å². The second-order valence-electron chi connectivity index (χ2n) is 10.5. The lowest BCUT2D eigenvalue weighted by atomic mass is 10.0. The summed E-state index contributed by atoms with van der Waals surface area (Å²) in [6.07, 6.45) is 3.22. The van der Waals surface area contributed by atoms with E-state index in [4.69, 9.17) is 22.1 Å². The maximum Gasteiger partial charge on any atom is 0.240 e. The molecule has 2 heterocycles. The Hall–Kier alpha value is -2.57. The molecule has 0 radical (unpaired) electrons. The molecule has 3 aromatic carbocycles. The van der Waals surface area contributed by atoms with E-state index in [1.54, 1.807) is 42.5 Å². The first kappa shape index (κ1) is 37.9. The first-order valence-corrected chi connectivity index (χ1v) is 18.6. The molecule has 1 saturated heterocycles. The Bertz CT molecular complexity index is 1800. The highest BCUT2D eigenvalue weighted by Gasteiger charge is 2.18. The number of likely N-dealkylation sites (tertiary alicyclic amines) is 1. The van der Waals surface area contributed by atoms with Crippen LogP contribution in [0.25, 0.3) is 22.2 Å². The second-order valence-corrected chi connectivity index (χ2v) is 15.8. The van der Waals surface area contributed by atoms with Crippen molar-refractivity contribution in [2.45, 2.75) is 48.9 Å². The van der Waals surface area contributed by atoms with Crippen molar-refractivity contribution in [1.29, 1.82) is 0 Å². The summed E-state index contributed by atoms with van der Waals surface area (Å²) in [4.78, 5) is 6.91. The van der Waals surface area contributed by atoms with Crippen LogP contribution in [0.2, 0.25) is 5.02 Å². The van der Waals surface area contributed by atoms with Gasteiger partial charge in [-0.2, -0.15) is 0 Å². The molecule has 0 saturated carbocycles. The number of anilines is 1. The van der Waals surface area contributed by atoms with Gasteiger partial charge in [0.2, 0.25) is 5.95 Å². The van der Waals surface area contributed by atoms with Crippen LogP contribution < -0.4 is 10.5 Å². The van der Waals surface area contributed by atoms with Gasteiger partial charge in [0, 0.05) is 10.0 Å². The number of benzene rings is 3. The highest BCUT2D eigenvalue weighted by molar-refractivity contribution is 14.1. The van der Waals surface area contributed by atoms with Crippen molar-refractivity contribution in [2.24, 2.45) is 0 Å². The lowest BCUT2D eigenvalue weighted by Crippen LogP contribution is -2.22. The van der Waals surface area contributed by atoms with Gasteiger partial charge in [0.25, 0.3) is 0 Å². The zero-order valence-corrected chi connectivity index (χ0v) is 31.5. The number of alkyl halides is 1. The van der Waals surface area contributed by atoms with Gasteiger partial charge in [0.15, 0.2) is 21.4 Å². The Morgan fingerprint density at radius 1 is 1.15 bits per heavy atom. The fraction of sp³-hybridized carbons (Fsp3) is 0.364. The smallest absolute Gasteiger partial charge is 0.240 e. The molecule has 1 aliphatic heterocycles. The third-order valence-corrected chi connectivity index (χ3v) is 9.90. The van der Waals surface area contributed by atoms with Gasteiger partial charge in [-0.15, -0.1) is 16.1 Å². The molecule has 5 rings (SSSR count). The van der Waals surface area contributed by atoms with Crippen molar-refractivity contribution in [3.63, 3.8) is 0 Å². The van der Waals surface area contributed by atoms with E-state index in [9.17, 15) is 12.8 Å². The SMILES string of the molecule is CC#CC(C)I.COc1ccc(Cl)c(-c2cc(C)c3nc(N)nnc3c2)c1F.O=S(=O)(CCCN1CCCC1)c1ccc(Br)cc1. The van der Waals surface area contributed by atoms with Crippen LogP contribution in [-0.4, -0.2) is 64.9 Å². The molecule has 1 atom stereocenters. The number of hydrogen-bond donors (Lipinski definition) is 1. The van der Waals surface area contributed by atoms with E-state index in [-0.39, 0.29) is 28.0 Å². The van der Waals surface area contributed by atoms with Crippen LogP contribution >= 0.6 is 50.1 Å². The highest BCUT2D eigenvalue weighted by atomic mass is 127. The minimum absolute atomic E-state index is 0.0916. The minimum atomic E-state index is -3.12. The normalized spacial score (nSPS) is 13.5. The van der Waals surface area contributed by atoms with Crippen molar-refractivity contribution in [2.75, 3.05) is 38.2 Å². The van der Waals surface area contributed by atoms with Crippen LogP contribution in [0.1, 0.15) is 38.7 Å². The fourth-order valence-corrected chi connectivity index (χ4v) is 6.89. The van der Waals surface area contributed by atoms with E-state index in [2.05, 4.69) is 77.4 Å². The van der Waals surface area contributed by atoms with Crippen molar-refractivity contribution >= 4 is 76.9 Å². The summed E-state index contributed by atoms with van der Waals surface area (Å²) in [5, 5.41) is 8.01. The Morgan fingerprint density at radius 3 is 2.41 bits per heavy atom. The zero-order valence-electron chi connectivity index (χ0n) is 26.2. The van der Waals surface area contributed by atoms with Gasteiger partial charge < -0.3 is 15.4 Å². The Morgan fingerprint density at radius 2 is 1.83 bits per heavy atom. The average molecular weight is 845 g/mol. The molecule has 46 heavy (non-hydrogen) atoms. The van der Waals surface area contributed by atoms with E-state index in [0.717, 1.165) is 36.1 Å². The molecule has 0 aliphatic carbocycles. The van der Waals surface area contributed by atoms with Gasteiger partial charge in [-0.1, -0.05) is 56.0 Å². The number of hydrogen-bond acceptors (Lipinski definition) is 8. The molecule has 0 bridgehead atoms. The van der Waals surface area contributed by atoms with E-state index in [1.165, 1.54) is 26.0 Å². The standard InChI is InChI=1S/C15H12ClFN4O.C13H18BrNO2S.C5H7I/c1-7-5-8(6-10-14(7)19-15(18)21-20-10)12-9(16)3-4-11(22-2)13(12)17;14-12-4-6-13(7-5-12)18(16,17)11-3-10-15-8-1-2-9-15;1-3-4-5(2)6/h3-6H,1-2H3,(H2,18,19,21);4-7H,1-3,8-11H2;5H,1-2H3. The summed E-state index contributed by atoms with van der Waals surface area (Å²) in [5.41, 5.74) is 8.31. The van der Waals surface area contributed by atoms with Gasteiger partial charge in [0.05, 0.1) is 32.2 Å². The van der Waals surface area contributed by atoms with Crippen LogP contribution in [0.4, 0.5) is 10.3 Å². The first-order valence-electron chi connectivity index (χ1n) is 14.6. The number of aryl methyl sites for hydroxylation is 1. The third-order valence-electron chi connectivity index (χ3n) is 6.93. The van der Waals surface area contributed by atoms with Gasteiger partial charge in [0.1, 0.15) is 5.52 Å². The lowest BCUT2D eigenvalue weighted by molar-refractivity contribution is 0.340. The van der Waals surface area contributed by atoms with Gasteiger partial charge in [-0.05, 0) is 119 Å². The van der Waals surface area contributed by atoms with Gasteiger partial charge in [-0.3, -0.25) is 0 Å². The van der Waals surface area contributed by atoms with E-state index in [1.807, 2.05) is 13.8 Å². The third kappa shape index (κ3) is 11.0. The van der Waals surface area contributed by atoms with Crippen molar-refractivity contribution in [1.82, 2.24) is 20.1 Å². The molecule has 8 nitrogen and oxygen atoms in total.